The monoisotopic (exact) mass is 392 g/mol. The number of hydrogen-bond donors (Lipinski definition) is 1. The second-order valence-corrected chi connectivity index (χ2v) is 7.63. The number of benzene rings is 1. The molecule has 1 saturated heterocycles. The first-order valence-electron chi connectivity index (χ1n) is 8.93. The van der Waals surface area contributed by atoms with Crippen LogP contribution in [-0.2, 0) is 4.79 Å². The summed E-state index contributed by atoms with van der Waals surface area (Å²) in [6, 6.07) is 2.64. The fourth-order valence-corrected chi connectivity index (χ4v) is 3.84. The average Bonchev–Trinajstić information content (AvgIpc) is 3.48. The molecule has 0 spiro atoms. The van der Waals surface area contributed by atoms with Gasteiger partial charge in [0.2, 0.25) is 5.43 Å². The number of carboxylic acid groups (broad SMARTS) is 1. The molecule has 2 fully saturated rings. The van der Waals surface area contributed by atoms with Crippen molar-refractivity contribution in [2.45, 2.75) is 31.7 Å². The minimum absolute atomic E-state index is 0.0536. The topological polar surface area (TPSA) is 79.6 Å². The second-order valence-electron chi connectivity index (χ2n) is 7.22. The Morgan fingerprint density at radius 1 is 1.22 bits per heavy atom. The largest absolute Gasteiger partial charge is 0.481 e. The summed E-state index contributed by atoms with van der Waals surface area (Å²) in [6.45, 7) is 0.475. The zero-order valence-electron chi connectivity index (χ0n) is 14.5. The van der Waals surface area contributed by atoms with Crippen molar-refractivity contribution in [2.24, 2.45) is 5.92 Å². The van der Waals surface area contributed by atoms with Crippen LogP contribution in [0.4, 0.5) is 4.39 Å². The molecule has 1 aromatic carbocycles. The van der Waals surface area contributed by atoms with Crippen molar-refractivity contribution >= 4 is 34.4 Å². The fraction of sp³-hybridized carbons (Fsp3) is 0.421. The molecule has 1 aliphatic heterocycles. The molecule has 8 heteroatoms. The summed E-state index contributed by atoms with van der Waals surface area (Å²) in [6.07, 6.45) is 4.41. The standard InChI is InChI=1S/C19H18ClFN2O4/c20-14-7-16-12(6-15(14)21)17(24)13(9-23(16)11-3-4-11)18(25)22-5-1-2-10(8-22)19(26)27/h6-7,9-11H,1-5,8H2,(H,26,27). The molecule has 1 saturated carbocycles. The first kappa shape index (κ1) is 18.0. The zero-order chi connectivity index (χ0) is 19.3. The number of piperidine rings is 1. The predicted octanol–water partition coefficient (Wildman–Crippen LogP) is 3.07. The summed E-state index contributed by atoms with van der Waals surface area (Å²) in [5.41, 5.74) is -0.102. The van der Waals surface area contributed by atoms with E-state index in [1.165, 1.54) is 17.2 Å². The number of carboxylic acids is 1. The van der Waals surface area contributed by atoms with Gasteiger partial charge in [0.15, 0.2) is 0 Å². The van der Waals surface area contributed by atoms with Crippen LogP contribution in [0.5, 0.6) is 0 Å². The highest BCUT2D eigenvalue weighted by atomic mass is 35.5. The highest BCUT2D eigenvalue weighted by Gasteiger charge is 2.32. The van der Waals surface area contributed by atoms with E-state index in [9.17, 15) is 23.9 Å². The van der Waals surface area contributed by atoms with Gasteiger partial charge in [0.25, 0.3) is 5.91 Å². The molecule has 2 heterocycles. The van der Waals surface area contributed by atoms with Gasteiger partial charge in [0.1, 0.15) is 11.4 Å². The number of carbonyl (C=O) groups excluding carboxylic acids is 1. The quantitative estimate of drug-likeness (QED) is 0.870. The van der Waals surface area contributed by atoms with Crippen LogP contribution in [0.3, 0.4) is 0 Å². The molecule has 2 aromatic rings. The van der Waals surface area contributed by atoms with E-state index in [2.05, 4.69) is 0 Å². The Balaban J connectivity index is 1.81. The van der Waals surface area contributed by atoms with Crippen LogP contribution in [0.25, 0.3) is 10.9 Å². The smallest absolute Gasteiger partial charge is 0.308 e. The number of fused-ring (bicyclic) bond motifs is 1. The van der Waals surface area contributed by atoms with Gasteiger partial charge in [-0.05, 0) is 37.8 Å². The third-order valence-corrected chi connectivity index (χ3v) is 5.59. The van der Waals surface area contributed by atoms with Crippen LogP contribution in [0.15, 0.2) is 23.1 Å². The van der Waals surface area contributed by atoms with E-state index >= 15 is 0 Å². The van der Waals surface area contributed by atoms with Crippen LogP contribution < -0.4 is 5.43 Å². The Labute approximate surface area is 159 Å². The minimum atomic E-state index is -0.946. The van der Waals surface area contributed by atoms with E-state index in [1.54, 1.807) is 0 Å². The summed E-state index contributed by atoms with van der Waals surface area (Å²) in [5, 5.41) is 9.27. The molecule has 142 valence electrons. The average molecular weight is 393 g/mol. The molecule has 0 radical (unpaired) electrons. The summed E-state index contributed by atoms with van der Waals surface area (Å²) < 4.78 is 15.8. The molecule has 1 atom stereocenters. The van der Waals surface area contributed by atoms with Gasteiger partial charge in [-0.1, -0.05) is 11.6 Å². The molecular weight excluding hydrogens is 375 g/mol. The number of aliphatic carboxylic acids is 1. The van der Waals surface area contributed by atoms with Crippen molar-refractivity contribution in [3.05, 3.63) is 45.0 Å². The third-order valence-electron chi connectivity index (χ3n) is 5.30. The summed E-state index contributed by atoms with van der Waals surface area (Å²) in [5.74, 6) is -2.79. The number of carbonyl (C=O) groups is 2. The summed E-state index contributed by atoms with van der Waals surface area (Å²) in [4.78, 5) is 38.6. The summed E-state index contributed by atoms with van der Waals surface area (Å²) >= 11 is 5.89. The van der Waals surface area contributed by atoms with Crippen LogP contribution in [-0.4, -0.2) is 39.5 Å². The number of rotatable bonds is 3. The van der Waals surface area contributed by atoms with E-state index in [4.69, 9.17) is 11.6 Å². The zero-order valence-corrected chi connectivity index (χ0v) is 15.2. The molecule has 1 N–H and O–H groups in total. The van der Waals surface area contributed by atoms with Gasteiger partial charge in [-0.15, -0.1) is 0 Å². The molecule has 1 unspecified atom stereocenters. The van der Waals surface area contributed by atoms with Gasteiger partial charge in [-0.25, -0.2) is 4.39 Å². The van der Waals surface area contributed by atoms with Crippen LogP contribution >= 0.6 is 11.6 Å². The Morgan fingerprint density at radius 2 is 1.96 bits per heavy atom. The Morgan fingerprint density at radius 3 is 2.63 bits per heavy atom. The van der Waals surface area contributed by atoms with Crippen molar-refractivity contribution < 1.29 is 19.1 Å². The normalized spacial score (nSPS) is 20.1. The number of amides is 1. The van der Waals surface area contributed by atoms with E-state index in [0.717, 1.165) is 18.9 Å². The van der Waals surface area contributed by atoms with Gasteiger partial charge in [0.05, 0.1) is 16.5 Å². The number of likely N-dealkylation sites (tertiary alicyclic amines) is 1. The Kier molecular flexibility index (Phi) is 4.42. The van der Waals surface area contributed by atoms with Crippen LogP contribution in [0.1, 0.15) is 42.1 Å². The Bertz CT molecular complexity index is 1010. The molecule has 2 aliphatic rings. The third kappa shape index (κ3) is 3.20. The predicted molar refractivity (Wildman–Crippen MR) is 97.7 cm³/mol. The molecule has 1 aliphatic carbocycles. The van der Waals surface area contributed by atoms with Gasteiger partial charge in [0, 0.05) is 30.7 Å². The molecule has 1 amide bonds. The fourth-order valence-electron chi connectivity index (χ4n) is 3.68. The SMILES string of the molecule is O=C(O)C1CCCN(C(=O)c2cn(C3CC3)c3cc(Cl)c(F)cc3c2=O)C1. The van der Waals surface area contributed by atoms with Gasteiger partial charge in [-0.2, -0.15) is 0 Å². The lowest BCUT2D eigenvalue weighted by molar-refractivity contribution is -0.143. The maximum absolute atomic E-state index is 14.0. The molecule has 6 nitrogen and oxygen atoms in total. The van der Waals surface area contributed by atoms with Crippen molar-refractivity contribution in [3.8, 4) is 0 Å². The molecule has 1 aromatic heterocycles. The minimum Gasteiger partial charge on any atom is -0.481 e. The first-order chi connectivity index (χ1) is 12.9. The van der Waals surface area contributed by atoms with E-state index < -0.39 is 29.0 Å². The van der Waals surface area contributed by atoms with Crippen LogP contribution in [0, 0.1) is 11.7 Å². The van der Waals surface area contributed by atoms with Crippen molar-refractivity contribution in [2.75, 3.05) is 13.1 Å². The van der Waals surface area contributed by atoms with Crippen molar-refractivity contribution in [3.63, 3.8) is 0 Å². The van der Waals surface area contributed by atoms with E-state index in [-0.39, 0.29) is 28.6 Å². The number of hydrogen-bond acceptors (Lipinski definition) is 3. The van der Waals surface area contributed by atoms with Crippen molar-refractivity contribution in [1.29, 1.82) is 0 Å². The first-order valence-corrected chi connectivity index (χ1v) is 9.30. The lowest BCUT2D eigenvalue weighted by Crippen LogP contribution is -2.43. The number of aromatic nitrogens is 1. The van der Waals surface area contributed by atoms with Crippen molar-refractivity contribution in [1.82, 2.24) is 9.47 Å². The number of halogens is 2. The van der Waals surface area contributed by atoms with Gasteiger partial charge >= 0.3 is 5.97 Å². The number of pyridine rings is 1. The Hall–Kier alpha value is -2.41. The molecule has 27 heavy (non-hydrogen) atoms. The van der Waals surface area contributed by atoms with Crippen LogP contribution in [0.2, 0.25) is 5.02 Å². The van der Waals surface area contributed by atoms with E-state index in [0.29, 0.717) is 24.9 Å². The lowest BCUT2D eigenvalue weighted by atomic mass is 9.97. The molecular formula is C19H18ClFN2O4. The maximum atomic E-state index is 14.0. The number of nitrogens with zero attached hydrogens (tertiary/aromatic N) is 2. The summed E-state index contributed by atoms with van der Waals surface area (Å²) in [7, 11) is 0. The van der Waals surface area contributed by atoms with Gasteiger partial charge in [-0.3, -0.25) is 14.4 Å². The van der Waals surface area contributed by atoms with E-state index in [1.807, 2.05) is 4.57 Å². The lowest BCUT2D eigenvalue weighted by Gasteiger charge is -2.30. The maximum Gasteiger partial charge on any atom is 0.308 e. The second kappa shape index (κ2) is 6.64. The van der Waals surface area contributed by atoms with Gasteiger partial charge < -0.3 is 14.6 Å². The highest BCUT2D eigenvalue weighted by molar-refractivity contribution is 6.31. The molecule has 0 bridgehead atoms. The molecule has 4 rings (SSSR count). The highest BCUT2D eigenvalue weighted by Crippen LogP contribution is 2.37.